The lowest BCUT2D eigenvalue weighted by Crippen LogP contribution is -2.52. The molecule has 3 heterocycles. The number of aryl methyl sites for hydroxylation is 2. The van der Waals surface area contributed by atoms with Crippen molar-refractivity contribution in [1.82, 2.24) is 30.3 Å². The van der Waals surface area contributed by atoms with E-state index in [1.807, 2.05) is 0 Å². The van der Waals surface area contributed by atoms with E-state index in [0.29, 0.717) is 0 Å². The molecule has 0 aliphatic carbocycles. The number of guanidine groups is 1. The van der Waals surface area contributed by atoms with Gasteiger partial charge in [0.05, 0.1) is 19.8 Å². The monoisotopic (exact) mass is 533 g/mol. The van der Waals surface area contributed by atoms with Crippen LogP contribution < -0.4 is 10.6 Å². The van der Waals surface area contributed by atoms with Crippen molar-refractivity contribution in [3.8, 4) is 0 Å². The van der Waals surface area contributed by atoms with E-state index in [1.165, 1.54) is 25.1 Å². The molecule has 1 saturated heterocycles. The zero-order valence-electron chi connectivity index (χ0n) is 19.0. The SMILES string of the molecule is CCNC(=NCC(C)(C)N1CCOCC1)NCCCc1nnc2n1CCCCC2.I. The number of ether oxygens (including phenoxy) is 1. The highest BCUT2D eigenvalue weighted by molar-refractivity contribution is 14.0. The number of nitrogens with zero attached hydrogens (tertiary/aromatic N) is 5. The number of rotatable bonds is 8. The van der Waals surface area contributed by atoms with Gasteiger partial charge in [0.1, 0.15) is 11.6 Å². The highest BCUT2D eigenvalue weighted by atomic mass is 127. The van der Waals surface area contributed by atoms with Gasteiger partial charge in [-0.3, -0.25) is 9.89 Å². The maximum absolute atomic E-state index is 5.48. The van der Waals surface area contributed by atoms with Crippen LogP contribution in [0.2, 0.25) is 0 Å². The van der Waals surface area contributed by atoms with Crippen molar-refractivity contribution in [3.05, 3.63) is 11.6 Å². The summed E-state index contributed by atoms with van der Waals surface area (Å²) in [6.45, 7) is 13.8. The molecule has 1 aromatic heterocycles. The van der Waals surface area contributed by atoms with Crippen molar-refractivity contribution in [3.63, 3.8) is 0 Å². The normalized spacial score (nSPS) is 18.3. The maximum Gasteiger partial charge on any atom is 0.191 e. The van der Waals surface area contributed by atoms with Gasteiger partial charge < -0.3 is 19.9 Å². The van der Waals surface area contributed by atoms with Gasteiger partial charge in [0.2, 0.25) is 0 Å². The molecule has 0 atom stereocenters. The summed E-state index contributed by atoms with van der Waals surface area (Å²) in [5.41, 5.74) is 0.0330. The molecule has 0 unspecified atom stereocenters. The Balaban J connectivity index is 0.00000320. The summed E-state index contributed by atoms with van der Waals surface area (Å²) in [6, 6.07) is 0. The first-order chi connectivity index (χ1) is 14.1. The second kappa shape index (κ2) is 12.8. The highest BCUT2D eigenvalue weighted by Crippen LogP contribution is 2.17. The lowest BCUT2D eigenvalue weighted by molar-refractivity contribution is -0.00683. The Kier molecular flexibility index (Phi) is 10.8. The van der Waals surface area contributed by atoms with Crippen LogP contribution >= 0.6 is 24.0 Å². The number of hydrogen-bond acceptors (Lipinski definition) is 5. The summed E-state index contributed by atoms with van der Waals surface area (Å²) in [5, 5.41) is 15.7. The number of aromatic nitrogens is 3. The van der Waals surface area contributed by atoms with Crippen LogP contribution in [0.5, 0.6) is 0 Å². The van der Waals surface area contributed by atoms with E-state index in [2.05, 4.69) is 51.1 Å². The van der Waals surface area contributed by atoms with E-state index in [-0.39, 0.29) is 29.5 Å². The van der Waals surface area contributed by atoms with Crippen LogP contribution in [0.25, 0.3) is 0 Å². The van der Waals surface area contributed by atoms with E-state index in [1.54, 1.807) is 0 Å². The van der Waals surface area contributed by atoms with Crippen LogP contribution in [0.3, 0.4) is 0 Å². The van der Waals surface area contributed by atoms with Gasteiger partial charge in [-0.05, 0) is 40.0 Å². The van der Waals surface area contributed by atoms with Crippen molar-refractivity contribution < 1.29 is 4.74 Å². The molecule has 0 saturated carbocycles. The average Bonchev–Trinajstić information content (AvgIpc) is 2.95. The van der Waals surface area contributed by atoms with E-state index in [9.17, 15) is 0 Å². The molecule has 8 nitrogen and oxygen atoms in total. The molecule has 0 radical (unpaired) electrons. The molecule has 30 heavy (non-hydrogen) atoms. The molecule has 0 bridgehead atoms. The summed E-state index contributed by atoms with van der Waals surface area (Å²) in [7, 11) is 0. The van der Waals surface area contributed by atoms with Gasteiger partial charge in [-0.15, -0.1) is 34.2 Å². The van der Waals surface area contributed by atoms with Crippen LogP contribution in [0.15, 0.2) is 4.99 Å². The van der Waals surface area contributed by atoms with E-state index < -0.39 is 0 Å². The molecular formula is C21H40IN7O. The maximum atomic E-state index is 5.48. The van der Waals surface area contributed by atoms with E-state index in [0.717, 1.165) is 83.5 Å². The minimum absolute atomic E-state index is 0. The third-order valence-corrected chi connectivity index (χ3v) is 5.89. The van der Waals surface area contributed by atoms with Crippen LogP contribution in [0.1, 0.15) is 58.1 Å². The number of morpholine rings is 1. The zero-order valence-corrected chi connectivity index (χ0v) is 21.3. The van der Waals surface area contributed by atoms with E-state index >= 15 is 0 Å². The minimum Gasteiger partial charge on any atom is -0.379 e. The van der Waals surface area contributed by atoms with Gasteiger partial charge in [-0.25, -0.2) is 0 Å². The van der Waals surface area contributed by atoms with Gasteiger partial charge in [-0.2, -0.15) is 0 Å². The lowest BCUT2D eigenvalue weighted by Gasteiger charge is -2.39. The number of halogens is 1. The van der Waals surface area contributed by atoms with Gasteiger partial charge in [0.15, 0.2) is 5.96 Å². The molecule has 3 rings (SSSR count). The number of fused-ring (bicyclic) bond motifs is 1. The molecule has 172 valence electrons. The highest BCUT2D eigenvalue weighted by Gasteiger charge is 2.28. The van der Waals surface area contributed by atoms with Crippen molar-refractivity contribution in [1.29, 1.82) is 0 Å². The molecule has 1 aromatic rings. The summed E-state index contributed by atoms with van der Waals surface area (Å²) < 4.78 is 7.83. The van der Waals surface area contributed by atoms with Crippen molar-refractivity contribution in [2.75, 3.05) is 45.9 Å². The zero-order chi connectivity index (χ0) is 20.5. The fourth-order valence-corrected chi connectivity index (χ4v) is 4.07. The minimum atomic E-state index is 0. The molecule has 0 aromatic carbocycles. The Morgan fingerprint density at radius 3 is 2.67 bits per heavy atom. The Labute approximate surface area is 198 Å². The smallest absolute Gasteiger partial charge is 0.191 e. The molecule has 0 amide bonds. The number of aliphatic imine (C=N–C) groups is 1. The predicted molar refractivity (Wildman–Crippen MR) is 132 cm³/mol. The van der Waals surface area contributed by atoms with Crippen molar-refractivity contribution in [2.24, 2.45) is 4.99 Å². The van der Waals surface area contributed by atoms with Gasteiger partial charge in [0, 0.05) is 51.1 Å². The molecule has 9 heteroatoms. The summed E-state index contributed by atoms with van der Waals surface area (Å²) in [6.07, 6.45) is 6.83. The van der Waals surface area contributed by atoms with E-state index in [4.69, 9.17) is 9.73 Å². The molecular weight excluding hydrogens is 493 g/mol. The first-order valence-corrected chi connectivity index (χ1v) is 11.4. The number of hydrogen-bond donors (Lipinski definition) is 2. The summed E-state index contributed by atoms with van der Waals surface area (Å²) in [4.78, 5) is 7.33. The molecule has 2 N–H and O–H groups in total. The van der Waals surface area contributed by atoms with Gasteiger partial charge in [-0.1, -0.05) is 6.42 Å². The Morgan fingerprint density at radius 2 is 1.90 bits per heavy atom. The van der Waals surface area contributed by atoms with Gasteiger partial charge in [0.25, 0.3) is 0 Å². The van der Waals surface area contributed by atoms with Crippen LogP contribution in [-0.2, 0) is 24.1 Å². The largest absolute Gasteiger partial charge is 0.379 e. The number of nitrogens with one attached hydrogen (secondary N) is 2. The standard InChI is InChI=1S/C21H39N7O.HI/c1-4-22-20(24-17-21(2,3)27-13-15-29-16-14-27)23-11-8-10-19-26-25-18-9-6-5-7-12-28(18)19;/h4-17H2,1-3H3,(H2,22,23,24);1H. The van der Waals surface area contributed by atoms with Crippen LogP contribution in [0, 0.1) is 0 Å². The third kappa shape index (κ3) is 7.33. The molecule has 2 aliphatic rings. The Morgan fingerprint density at radius 1 is 1.10 bits per heavy atom. The van der Waals surface area contributed by atoms with Crippen LogP contribution in [0.4, 0.5) is 0 Å². The Bertz CT molecular complexity index is 656. The fraction of sp³-hybridized carbons (Fsp3) is 0.857. The van der Waals surface area contributed by atoms with Gasteiger partial charge >= 0.3 is 0 Å². The predicted octanol–water partition coefficient (Wildman–Crippen LogP) is 2.22. The molecule has 1 fully saturated rings. The fourth-order valence-electron chi connectivity index (χ4n) is 4.07. The average molecular weight is 534 g/mol. The first-order valence-electron chi connectivity index (χ1n) is 11.4. The Hall–Kier alpha value is -0.940. The van der Waals surface area contributed by atoms with Crippen molar-refractivity contribution >= 4 is 29.9 Å². The summed E-state index contributed by atoms with van der Waals surface area (Å²) in [5.74, 6) is 3.21. The second-order valence-corrected chi connectivity index (χ2v) is 8.63. The lowest BCUT2D eigenvalue weighted by atomic mass is 10.0. The summed E-state index contributed by atoms with van der Waals surface area (Å²) >= 11 is 0. The second-order valence-electron chi connectivity index (χ2n) is 8.63. The molecule has 0 spiro atoms. The van der Waals surface area contributed by atoms with Crippen LogP contribution in [-0.4, -0.2) is 77.1 Å². The molecule has 2 aliphatic heterocycles. The quantitative estimate of drug-likeness (QED) is 0.231. The first kappa shape index (κ1) is 25.3. The third-order valence-electron chi connectivity index (χ3n) is 5.89. The topological polar surface area (TPSA) is 79.6 Å². The van der Waals surface area contributed by atoms with Crippen molar-refractivity contribution in [2.45, 2.75) is 71.4 Å².